The number of fused-ring (bicyclic) bond motifs is 1. The van der Waals surface area contributed by atoms with Gasteiger partial charge in [0.1, 0.15) is 0 Å². The van der Waals surface area contributed by atoms with E-state index < -0.39 is 5.79 Å². The average Bonchev–Trinajstić information content (AvgIpc) is 2.66. The molecule has 3 rings (SSSR count). The van der Waals surface area contributed by atoms with Gasteiger partial charge in [-0.05, 0) is 62.9 Å². The van der Waals surface area contributed by atoms with Crippen molar-refractivity contribution in [3.63, 3.8) is 0 Å². The summed E-state index contributed by atoms with van der Waals surface area (Å²) < 4.78 is 12.3. The second kappa shape index (κ2) is 10.6. The van der Waals surface area contributed by atoms with E-state index in [0.717, 1.165) is 45.1 Å². The lowest BCUT2D eigenvalue weighted by Crippen LogP contribution is -2.46. The maximum absolute atomic E-state index is 12.3. The van der Waals surface area contributed by atoms with Crippen LogP contribution in [-0.2, 0) is 14.3 Å². The van der Waals surface area contributed by atoms with Crippen LogP contribution in [0.1, 0.15) is 79.6 Å². The summed E-state index contributed by atoms with van der Waals surface area (Å²) >= 11 is 0. The Labute approximate surface area is 188 Å². The zero-order valence-electron chi connectivity index (χ0n) is 20.1. The molecule has 176 valence electrons. The van der Waals surface area contributed by atoms with Crippen LogP contribution in [0.25, 0.3) is 0 Å². The van der Waals surface area contributed by atoms with Crippen LogP contribution in [0.5, 0.6) is 0 Å². The van der Waals surface area contributed by atoms with Gasteiger partial charge in [0.05, 0.1) is 24.7 Å². The molecular weight excluding hydrogens is 390 g/mol. The second-order valence-electron chi connectivity index (χ2n) is 10.5. The number of carbonyl (C=O) groups is 1. The van der Waals surface area contributed by atoms with E-state index in [9.17, 15) is 9.90 Å². The number of hydrogen-bond donors (Lipinski definition) is 2. The van der Waals surface area contributed by atoms with Gasteiger partial charge in [0.15, 0.2) is 5.79 Å². The molecule has 0 bridgehead atoms. The fourth-order valence-electron chi connectivity index (χ4n) is 5.72. The lowest BCUT2D eigenvalue weighted by Gasteiger charge is -2.44. The molecule has 0 saturated carbocycles. The Balaban J connectivity index is 1.59. The van der Waals surface area contributed by atoms with Crippen molar-refractivity contribution < 1.29 is 19.4 Å². The van der Waals surface area contributed by atoms with Crippen LogP contribution in [0.15, 0.2) is 23.8 Å². The minimum Gasteiger partial charge on any atom is -0.392 e. The van der Waals surface area contributed by atoms with Crippen LogP contribution in [-0.4, -0.2) is 41.7 Å². The van der Waals surface area contributed by atoms with Crippen molar-refractivity contribution in [2.75, 3.05) is 6.54 Å². The van der Waals surface area contributed by atoms with Crippen LogP contribution in [0, 0.1) is 23.7 Å². The van der Waals surface area contributed by atoms with Gasteiger partial charge >= 0.3 is 0 Å². The summed E-state index contributed by atoms with van der Waals surface area (Å²) in [6, 6.07) is 0. The van der Waals surface area contributed by atoms with Gasteiger partial charge in [-0.25, -0.2) is 0 Å². The molecule has 2 N–H and O–H groups in total. The first-order valence-electron chi connectivity index (χ1n) is 12.4. The molecule has 7 atom stereocenters. The van der Waals surface area contributed by atoms with Crippen LogP contribution >= 0.6 is 0 Å². The van der Waals surface area contributed by atoms with Gasteiger partial charge in [-0.3, -0.25) is 4.79 Å². The molecule has 2 aliphatic carbocycles. The molecular formula is C26H43NO4. The highest BCUT2D eigenvalue weighted by atomic mass is 16.7. The summed E-state index contributed by atoms with van der Waals surface area (Å²) in [6.07, 6.45) is 12.6. The fraction of sp³-hybridized carbons (Fsp3) is 0.808. The first kappa shape index (κ1) is 24.5. The maximum atomic E-state index is 12.3. The highest BCUT2D eigenvalue weighted by molar-refractivity contribution is 5.76. The van der Waals surface area contributed by atoms with Crippen LogP contribution in [0.3, 0.4) is 0 Å². The Kier molecular flexibility index (Phi) is 8.39. The predicted molar refractivity (Wildman–Crippen MR) is 123 cm³/mol. The van der Waals surface area contributed by atoms with E-state index in [1.165, 1.54) is 5.57 Å². The van der Waals surface area contributed by atoms with E-state index >= 15 is 0 Å². The number of rotatable bonds is 8. The molecule has 1 fully saturated rings. The van der Waals surface area contributed by atoms with Gasteiger partial charge in [0.25, 0.3) is 0 Å². The molecule has 0 spiro atoms. The number of aliphatic hydroxyl groups excluding tert-OH is 1. The monoisotopic (exact) mass is 433 g/mol. The zero-order chi connectivity index (χ0) is 22.6. The molecule has 0 aromatic rings. The van der Waals surface area contributed by atoms with Crippen molar-refractivity contribution in [1.29, 1.82) is 0 Å². The van der Waals surface area contributed by atoms with E-state index in [0.29, 0.717) is 24.2 Å². The summed E-state index contributed by atoms with van der Waals surface area (Å²) in [7, 11) is 0. The molecule has 1 heterocycles. The number of amides is 1. The largest absolute Gasteiger partial charge is 0.392 e. The fourth-order valence-corrected chi connectivity index (χ4v) is 5.72. The number of allylic oxidation sites excluding steroid dienone is 3. The van der Waals surface area contributed by atoms with E-state index in [1.807, 2.05) is 13.8 Å². The van der Waals surface area contributed by atoms with Gasteiger partial charge in [-0.15, -0.1) is 0 Å². The van der Waals surface area contributed by atoms with Crippen LogP contribution < -0.4 is 5.32 Å². The molecule has 3 aliphatic rings. The van der Waals surface area contributed by atoms with Crippen molar-refractivity contribution in [2.24, 2.45) is 23.7 Å². The van der Waals surface area contributed by atoms with Gasteiger partial charge in [0.2, 0.25) is 5.91 Å². The van der Waals surface area contributed by atoms with Crippen molar-refractivity contribution in [2.45, 2.75) is 104 Å². The Morgan fingerprint density at radius 1 is 1.19 bits per heavy atom. The third-order valence-electron chi connectivity index (χ3n) is 7.13. The molecule has 1 amide bonds. The quantitative estimate of drug-likeness (QED) is 0.542. The smallest absolute Gasteiger partial charge is 0.222 e. The standard InChI is InChI=1S/C26H43NO4/c1-6-7-12-27-24(29)16-21-15-20(30-26(4,5)31-21)10-11-22-18(3)8-9-19-13-17(2)14-23(28)25(19)22/h8-9,13,17-18,20-23,25,28H,6-7,10-12,14-16H2,1-5H3,(H,27,29)/t17-,18-,20+,21+,22-,23-,25-/m0/s1. The van der Waals surface area contributed by atoms with Crippen molar-refractivity contribution >= 4 is 5.91 Å². The summed E-state index contributed by atoms with van der Waals surface area (Å²) in [5.74, 6) is 0.908. The third-order valence-corrected chi connectivity index (χ3v) is 7.13. The topological polar surface area (TPSA) is 67.8 Å². The molecule has 5 nitrogen and oxygen atoms in total. The number of unbranched alkanes of at least 4 members (excludes halogenated alkanes) is 1. The maximum Gasteiger partial charge on any atom is 0.222 e. The predicted octanol–water partition coefficient (Wildman–Crippen LogP) is 4.75. The summed E-state index contributed by atoms with van der Waals surface area (Å²) in [6.45, 7) is 11.2. The van der Waals surface area contributed by atoms with Crippen molar-refractivity contribution in [3.8, 4) is 0 Å². The normalized spacial score (nSPS) is 37.1. The Morgan fingerprint density at radius 2 is 1.94 bits per heavy atom. The Morgan fingerprint density at radius 3 is 2.68 bits per heavy atom. The van der Waals surface area contributed by atoms with E-state index in [1.54, 1.807) is 0 Å². The average molecular weight is 434 g/mol. The molecule has 5 heteroatoms. The van der Waals surface area contributed by atoms with Gasteiger partial charge in [0, 0.05) is 18.9 Å². The first-order chi connectivity index (χ1) is 14.7. The molecule has 0 radical (unpaired) electrons. The molecule has 0 unspecified atom stereocenters. The van der Waals surface area contributed by atoms with Gasteiger partial charge in [-0.1, -0.05) is 45.4 Å². The molecule has 0 aromatic carbocycles. The SMILES string of the molecule is CCCCNC(=O)C[C@H]1C[C@@H](CC[C@@H]2[C@@H]3C(=C[C@H](C)C[C@@H]3O)C=C[C@@H]2C)OC(C)(C)O1. The number of carbonyl (C=O) groups excluding carboxylic acids is 1. The molecule has 0 aromatic heterocycles. The Bertz CT molecular complexity index is 670. The Hall–Kier alpha value is -1.17. The lowest BCUT2D eigenvalue weighted by atomic mass is 9.65. The number of aliphatic hydroxyl groups is 1. The van der Waals surface area contributed by atoms with E-state index in [-0.39, 0.29) is 30.1 Å². The van der Waals surface area contributed by atoms with Crippen LogP contribution in [0.2, 0.25) is 0 Å². The number of hydrogen-bond acceptors (Lipinski definition) is 4. The minimum absolute atomic E-state index is 0.0650. The van der Waals surface area contributed by atoms with Crippen molar-refractivity contribution in [1.82, 2.24) is 5.32 Å². The summed E-state index contributed by atoms with van der Waals surface area (Å²) in [4.78, 5) is 12.3. The molecule has 31 heavy (non-hydrogen) atoms. The third kappa shape index (κ3) is 6.66. The summed E-state index contributed by atoms with van der Waals surface area (Å²) in [5, 5.41) is 13.8. The highest BCUT2D eigenvalue weighted by Crippen LogP contribution is 2.44. The zero-order valence-corrected chi connectivity index (χ0v) is 20.1. The van der Waals surface area contributed by atoms with Crippen molar-refractivity contribution in [3.05, 3.63) is 23.8 Å². The molecule has 1 aliphatic heterocycles. The van der Waals surface area contributed by atoms with E-state index in [2.05, 4.69) is 44.3 Å². The first-order valence-corrected chi connectivity index (χ1v) is 12.4. The second-order valence-corrected chi connectivity index (χ2v) is 10.5. The minimum atomic E-state index is -0.680. The van der Waals surface area contributed by atoms with E-state index in [4.69, 9.17) is 9.47 Å². The number of ether oxygens (including phenoxy) is 2. The van der Waals surface area contributed by atoms with Gasteiger partial charge < -0.3 is 19.9 Å². The lowest BCUT2D eigenvalue weighted by molar-refractivity contribution is -0.300. The highest BCUT2D eigenvalue weighted by Gasteiger charge is 2.40. The molecule has 1 saturated heterocycles. The van der Waals surface area contributed by atoms with Gasteiger partial charge in [-0.2, -0.15) is 0 Å². The summed E-state index contributed by atoms with van der Waals surface area (Å²) in [5.41, 5.74) is 1.31. The van der Waals surface area contributed by atoms with Crippen LogP contribution in [0.4, 0.5) is 0 Å². The number of nitrogens with one attached hydrogen (secondary N) is 1.